The molecule has 224 valence electrons. The van der Waals surface area contributed by atoms with Crippen LogP contribution in [-0.4, -0.2) is 57.5 Å². The first kappa shape index (κ1) is 31.5. The van der Waals surface area contributed by atoms with Crippen LogP contribution in [0, 0.1) is 0 Å². The fourth-order valence-corrected chi connectivity index (χ4v) is 6.52. The number of sulfonamides is 1. The van der Waals surface area contributed by atoms with Crippen molar-refractivity contribution in [2.45, 2.75) is 44.2 Å². The van der Waals surface area contributed by atoms with Crippen LogP contribution in [0.5, 0.6) is 11.5 Å². The standard InChI is InChI=1S/C30H33Cl2N3O6S/c1-3-15-33-30(37)26(4-2)34(19-23-24(31)11-8-12-25(23)32)29(36)20-35(42(38,39)22-9-6-5-7-10-22)21-13-14-27-28(18-21)41-17-16-40-27/h5-14,18,26H,3-4,15-17,19-20H2,1-2H3,(H,33,37)/t26-/m0/s1. The summed E-state index contributed by atoms with van der Waals surface area (Å²) in [5.41, 5.74) is 0.656. The second-order valence-corrected chi connectivity index (χ2v) is 12.3. The van der Waals surface area contributed by atoms with E-state index in [0.29, 0.717) is 53.3 Å². The molecule has 1 aliphatic rings. The van der Waals surface area contributed by atoms with E-state index in [1.54, 1.807) is 55.5 Å². The Morgan fingerprint density at radius 2 is 1.60 bits per heavy atom. The maximum absolute atomic E-state index is 14.2. The van der Waals surface area contributed by atoms with Gasteiger partial charge in [0.15, 0.2) is 11.5 Å². The van der Waals surface area contributed by atoms with Crippen molar-refractivity contribution < 1.29 is 27.5 Å². The average Bonchev–Trinajstić information content (AvgIpc) is 3.00. The molecule has 0 unspecified atom stereocenters. The van der Waals surface area contributed by atoms with Crippen LogP contribution < -0.4 is 19.1 Å². The van der Waals surface area contributed by atoms with Gasteiger partial charge in [0.1, 0.15) is 25.8 Å². The molecule has 42 heavy (non-hydrogen) atoms. The number of hydrogen-bond donors (Lipinski definition) is 1. The highest BCUT2D eigenvalue weighted by atomic mass is 35.5. The number of anilines is 1. The zero-order valence-electron chi connectivity index (χ0n) is 23.4. The van der Waals surface area contributed by atoms with E-state index >= 15 is 0 Å². The molecule has 0 aromatic heterocycles. The summed E-state index contributed by atoms with van der Waals surface area (Å²) in [7, 11) is -4.23. The van der Waals surface area contributed by atoms with Crippen molar-refractivity contribution in [1.29, 1.82) is 0 Å². The Bertz CT molecular complexity index is 1500. The van der Waals surface area contributed by atoms with Gasteiger partial charge in [0.2, 0.25) is 11.8 Å². The van der Waals surface area contributed by atoms with Gasteiger partial charge in [-0.25, -0.2) is 8.42 Å². The Morgan fingerprint density at radius 3 is 2.24 bits per heavy atom. The molecule has 12 heteroatoms. The third kappa shape index (κ3) is 7.11. The molecule has 1 N–H and O–H groups in total. The third-order valence-electron chi connectivity index (χ3n) is 6.75. The molecule has 3 aromatic carbocycles. The Hall–Kier alpha value is -3.47. The van der Waals surface area contributed by atoms with Gasteiger partial charge < -0.3 is 19.7 Å². The number of halogens is 2. The van der Waals surface area contributed by atoms with Crippen LogP contribution in [-0.2, 0) is 26.2 Å². The lowest BCUT2D eigenvalue weighted by molar-refractivity contribution is -0.140. The van der Waals surface area contributed by atoms with Crippen LogP contribution in [0.15, 0.2) is 71.6 Å². The lowest BCUT2D eigenvalue weighted by Gasteiger charge is -2.33. The molecular formula is C30H33Cl2N3O6S. The van der Waals surface area contributed by atoms with Crippen molar-refractivity contribution in [1.82, 2.24) is 10.2 Å². The summed E-state index contributed by atoms with van der Waals surface area (Å²) in [6, 6.07) is 16.6. The topological polar surface area (TPSA) is 105 Å². The highest BCUT2D eigenvalue weighted by molar-refractivity contribution is 7.92. The molecule has 0 fully saturated rings. The molecule has 0 radical (unpaired) electrons. The second kappa shape index (κ2) is 14.1. The van der Waals surface area contributed by atoms with Crippen LogP contribution in [0.25, 0.3) is 0 Å². The van der Waals surface area contributed by atoms with E-state index in [0.717, 1.165) is 4.31 Å². The van der Waals surface area contributed by atoms with E-state index in [4.69, 9.17) is 32.7 Å². The number of nitrogens with zero attached hydrogens (tertiary/aromatic N) is 2. The van der Waals surface area contributed by atoms with Crippen LogP contribution in [0.3, 0.4) is 0 Å². The molecular weight excluding hydrogens is 601 g/mol. The minimum absolute atomic E-state index is 0.00103. The largest absolute Gasteiger partial charge is 0.486 e. The molecule has 9 nitrogen and oxygen atoms in total. The molecule has 0 saturated carbocycles. The summed E-state index contributed by atoms with van der Waals surface area (Å²) in [6.07, 6.45) is 0.985. The van der Waals surface area contributed by atoms with Gasteiger partial charge in [-0.15, -0.1) is 0 Å². The maximum Gasteiger partial charge on any atom is 0.264 e. The third-order valence-corrected chi connectivity index (χ3v) is 9.25. The van der Waals surface area contributed by atoms with Gasteiger partial charge in [0, 0.05) is 34.8 Å². The number of ether oxygens (including phenoxy) is 2. The van der Waals surface area contributed by atoms with Crippen LogP contribution >= 0.6 is 23.2 Å². The highest BCUT2D eigenvalue weighted by Crippen LogP contribution is 2.36. The monoisotopic (exact) mass is 633 g/mol. The Morgan fingerprint density at radius 1 is 0.929 bits per heavy atom. The first-order chi connectivity index (χ1) is 20.2. The number of benzene rings is 3. The number of fused-ring (bicyclic) bond motifs is 1. The number of amides is 2. The van der Waals surface area contributed by atoms with Gasteiger partial charge in [0.05, 0.1) is 10.6 Å². The molecule has 0 spiro atoms. The van der Waals surface area contributed by atoms with Crippen molar-refractivity contribution in [2.75, 3.05) is 30.6 Å². The Balaban J connectivity index is 1.78. The summed E-state index contributed by atoms with van der Waals surface area (Å²) >= 11 is 12.9. The zero-order chi connectivity index (χ0) is 30.3. The number of nitrogens with one attached hydrogen (secondary N) is 1. The minimum atomic E-state index is -4.23. The summed E-state index contributed by atoms with van der Waals surface area (Å²) in [4.78, 5) is 28.8. The molecule has 4 rings (SSSR count). The quantitative estimate of drug-likeness (QED) is 0.290. The molecule has 1 heterocycles. The lowest BCUT2D eigenvalue weighted by Crippen LogP contribution is -2.52. The SMILES string of the molecule is CCCNC(=O)[C@H](CC)N(Cc1c(Cl)cccc1Cl)C(=O)CN(c1ccc2c(c1)OCCO2)S(=O)(=O)c1ccccc1. The Kier molecular flexibility index (Phi) is 10.6. The predicted molar refractivity (Wildman–Crippen MR) is 163 cm³/mol. The number of carbonyl (C=O) groups excluding carboxylic acids is 2. The van der Waals surface area contributed by atoms with Crippen molar-refractivity contribution >= 4 is 50.7 Å². The molecule has 0 bridgehead atoms. The zero-order valence-corrected chi connectivity index (χ0v) is 25.7. The summed E-state index contributed by atoms with van der Waals surface area (Å²) in [5, 5.41) is 3.50. The minimum Gasteiger partial charge on any atom is -0.486 e. The summed E-state index contributed by atoms with van der Waals surface area (Å²) in [6.45, 7) is 4.10. The first-order valence-electron chi connectivity index (χ1n) is 13.6. The molecule has 0 aliphatic carbocycles. The highest BCUT2D eigenvalue weighted by Gasteiger charge is 2.34. The van der Waals surface area contributed by atoms with Crippen LogP contribution in [0.2, 0.25) is 10.0 Å². The smallest absolute Gasteiger partial charge is 0.264 e. The number of carbonyl (C=O) groups is 2. The van der Waals surface area contributed by atoms with Gasteiger partial charge >= 0.3 is 0 Å². The fraction of sp³-hybridized carbons (Fsp3) is 0.333. The number of hydrogen-bond acceptors (Lipinski definition) is 6. The second-order valence-electron chi connectivity index (χ2n) is 9.59. The molecule has 1 aliphatic heterocycles. The van der Waals surface area contributed by atoms with Crippen molar-refractivity contribution in [3.63, 3.8) is 0 Å². The van der Waals surface area contributed by atoms with E-state index in [1.807, 2.05) is 6.92 Å². The average molecular weight is 635 g/mol. The van der Waals surface area contributed by atoms with Crippen molar-refractivity contribution in [3.05, 3.63) is 82.3 Å². The van der Waals surface area contributed by atoms with E-state index < -0.39 is 28.5 Å². The van der Waals surface area contributed by atoms with Gasteiger partial charge in [-0.2, -0.15) is 0 Å². The summed E-state index contributed by atoms with van der Waals surface area (Å²) in [5.74, 6) is -0.127. The molecule has 1 atom stereocenters. The van der Waals surface area contributed by atoms with E-state index in [-0.39, 0.29) is 29.5 Å². The lowest BCUT2D eigenvalue weighted by atomic mass is 10.1. The van der Waals surface area contributed by atoms with Crippen molar-refractivity contribution in [2.24, 2.45) is 0 Å². The Labute approximate surface area is 256 Å². The maximum atomic E-state index is 14.2. The van der Waals surface area contributed by atoms with Crippen molar-refractivity contribution in [3.8, 4) is 11.5 Å². The van der Waals surface area contributed by atoms with Gasteiger partial charge in [-0.1, -0.05) is 61.3 Å². The summed E-state index contributed by atoms with van der Waals surface area (Å²) < 4.78 is 40.3. The van der Waals surface area contributed by atoms with Gasteiger partial charge in [-0.05, 0) is 49.2 Å². The fourth-order valence-electron chi connectivity index (χ4n) is 4.57. The predicted octanol–water partition coefficient (Wildman–Crippen LogP) is 5.29. The molecule has 3 aromatic rings. The first-order valence-corrected chi connectivity index (χ1v) is 15.8. The van der Waals surface area contributed by atoms with Crippen LogP contribution in [0.4, 0.5) is 5.69 Å². The van der Waals surface area contributed by atoms with E-state index in [2.05, 4.69) is 5.32 Å². The molecule has 0 saturated heterocycles. The van der Waals surface area contributed by atoms with Gasteiger partial charge in [0.25, 0.3) is 10.0 Å². The van der Waals surface area contributed by atoms with E-state index in [1.165, 1.54) is 23.1 Å². The molecule has 2 amide bonds. The normalized spacial score (nSPS) is 13.2. The number of rotatable bonds is 12. The van der Waals surface area contributed by atoms with Gasteiger partial charge in [-0.3, -0.25) is 13.9 Å². The van der Waals surface area contributed by atoms with E-state index in [9.17, 15) is 18.0 Å². The van der Waals surface area contributed by atoms with Crippen LogP contribution in [0.1, 0.15) is 32.3 Å².